The van der Waals surface area contributed by atoms with Gasteiger partial charge in [-0.15, -0.1) is 0 Å². The van der Waals surface area contributed by atoms with Gasteiger partial charge in [0.05, 0.1) is 0 Å². The molecule has 1 N–H and O–H groups in total. The zero-order chi connectivity index (χ0) is 10.1. The number of hydrogen-bond acceptors (Lipinski definition) is 1. The molecule has 0 aromatic heterocycles. The predicted octanol–water partition coefficient (Wildman–Crippen LogP) is 3.29. The summed E-state index contributed by atoms with van der Waals surface area (Å²) in [5.41, 5.74) is 2.93. The summed E-state index contributed by atoms with van der Waals surface area (Å²) in [6, 6.07) is 0. The largest absolute Gasteiger partial charge is 0.319 e. The van der Waals surface area contributed by atoms with Crippen molar-refractivity contribution in [2.45, 2.75) is 40.0 Å². The van der Waals surface area contributed by atoms with Gasteiger partial charge in [0.25, 0.3) is 0 Å². The highest BCUT2D eigenvalue weighted by Gasteiger charge is 1.88. The molecule has 0 atom stereocenters. The first-order valence-corrected chi connectivity index (χ1v) is 5.10. The zero-order valence-corrected chi connectivity index (χ0v) is 9.48. The Morgan fingerprint density at radius 1 is 1.08 bits per heavy atom. The van der Waals surface area contributed by atoms with Crippen LogP contribution in [-0.4, -0.2) is 13.6 Å². The van der Waals surface area contributed by atoms with Crippen LogP contribution in [0.2, 0.25) is 0 Å². The van der Waals surface area contributed by atoms with Crippen LogP contribution in [0.3, 0.4) is 0 Å². The molecule has 0 rings (SSSR count). The third-order valence-electron chi connectivity index (χ3n) is 1.98. The Morgan fingerprint density at radius 2 is 1.77 bits per heavy atom. The first kappa shape index (κ1) is 12.4. The summed E-state index contributed by atoms with van der Waals surface area (Å²) in [4.78, 5) is 0. The van der Waals surface area contributed by atoms with Crippen LogP contribution >= 0.6 is 0 Å². The average molecular weight is 181 g/mol. The van der Waals surface area contributed by atoms with Crippen molar-refractivity contribution in [2.75, 3.05) is 13.6 Å². The topological polar surface area (TPSA) is 12.0 Å². The lowest BCUT2D eigenvalue weighted by molar-refractivity contribution is 0.799. The molecule has 0 bridgehead atoms. The molecular formula is C12H23N. The standard InChI is InChI=1S/C12H23N/c1-11(2)7-5-8-12(3)9-6-10-13-4/h7,9,13H,5-6,8,10H2,1-4H3/b12-9+. The predicted molar refractivity (Wildman–Crippen MR) is 61.0 cm³/mol. The summed E-state index contributed by atoms with van der Waals surface area (Å²) in [5, 5.41) is 3.14. The van der Waals surface area contributed by atoms with Crippen molar-refractivity contribution < 1.29 is 0 Å². The van der Waals surface area contributed by atoms with Crippen molar-refractivity contribution in [2.24, 2.45) is 0 Å². The van der Waals surface area contributed by atoms with Crippen LogP contribution in [0.25, 0.3) is 0 Å². The first-order chi connectivity index (χ1) is 6.16. The van der Waals surface area contributed by atoms with Crippen LogP contribution in [0.15, 0.2) is 23.3 Å². The van der Waals surface area contributed by atoms with Gasteiger partial charge < -0.3 is 5.32 Å². The zero-order valence-electron chi connectivity index (χ0n) is 9.48. The molecule has 0 heterocycles. The van der Waals surface area contributed by atoms with E-state index in [1.165, 1.54) is 24.0 Å². The fraction of sp³-hybridized carbons (Fsp3) is 0.667. The van der Waals surface area contributed by atoms with Gasteiger partial charge in [0.15, 0.2) is 0 Å². The molecule has 0 aliphatic heterocycles. The smallest absolute Gasteiger partial charge is 0.00172 e. The Balaban J connectivity index is 3.55. The minimum Gasteiger partial charge on any atom is -0.319 e. The van der Waals surface area contributed by atoms with Crippen molar-refractivity contribution in [3.8, 4) is 0 Å². The highest BCUT2D eigenvalue weighted by atomic mass is 14.8. The molecule has 0 aliphatic carbocycles. The number of allylic oxidation sites excluding steroid dienone is 3. The maximum atomic E-state index is 3.14. The quantitative estimate of drug-likeness (QED) is 0.490. The van der Waals surface area contributed by atoms with Crippen molar-refractivity contribution in [1.29, 1.82) is 0 Å². The van der Waals surface area contributed by atoms with E-state index >= 15 is 0 Å². The van der Waals surface area contributed by atoms with Gasteiger partial charge >= 0.3 is 0 Å². The average Bonchev–Trinajstić information content (AvgIpc) is 2.04. The monoisotopic (exact) mass is 181 g/mol. The molecule has 0 amide bonds. The van der Waals surface area contributed by atoms with E-state index in [9.17, 15) is 0 Å². The van der Waals surface area contributed by atoms with E-state index in [0.29, 0.717) is 0 Å². The molecule has 0 aliphatic rings. The number of hydrogen-bond donors (Lipinski definition) is 1. The number of nitrogens with one attached hydrogen (secondary N) is 1. The van der Waals surface area contributed by atoms with Crippen LogP contribution in [0.1, 0.15) is 40.0 Å². The minimum atomic E-state index is 1.08. The van der Waals surface area contributed by atoms with Crippen molar-refractivity contribution >= 4 is 0 Å². The fourth-order valence-corrected chi connectivity index (χ4v) is 1.15. The molecular weight excluding hydrogens is 158 g/mol. The number of rotatable bonds is 6. The lowest BCUT2D eigenvalue weighted by Gasteiger charge is -1.99. The van der Waals surface area contributed by atoms with Crippen molar-refractivity contribution in [3.63, 3.8) is 0 Å². The summed E-state index contributed by atoms with van der Waals surface area (Å²) in [5.74, 6) is 0. The van der Waals surface area contributed by atoms with E-state index in [0.717, 1.165) is 13.0 Å². The van der Waals surface area contributed by atoms with Crippen LogP contribution in [0.4, 0.5) is 0 Å². The van der Waals surface area contributed by atoms with E-state index < -0.39 is 0 Å². The Hall–Kier alpha value is -0.560. The second kappa shape index (κ2) is 8.06. The summed E-state index contributed by atoms with van der Waals surface area (Å²) in [7, 11) is 1.99. The second-order valence-corrected chi connectivity index (χ2v) is 3.76. The molecule has 1 nitrogen and oxygen atoms in total. The van der Waals surface area contributed by atoms with E-state index in [1.54, 1.807) is 0 Å². The maximum absolute atomic E-state index is 3.14. The molecule has 0 saturated heterocycles. The lowest BCUT2D eigenvalue weighted by Crippen LogP contribution is -2.06. The van der Waals surface area contributed by atoms with E-state index in [4.69, 9.17) is 0 Å². The molecule has 76 valence electrons. The normalized spacial score (nSPS) is 11.5. The Labute approximate surface area is 82.9 Å². The molecule has 0 saturated carbocycles. The molecule has 0 spiro atoms. The highest BCUT2D eigenvalue weighted by molar-refractivity contribution is 5.02. The molecule has 0 aromatic rings. The minimum absolute atomic E-state index is 1.08. The third-order valence-corrected chi connectivity index (χ3v) is 1.98. The molecule has 0 aromatic carbocycles. The Kier molecular flexibility index (Phi) is 7.71. The van der Waals surface area contributed by atoms with Gasteiger partial charge in [0, 0.05) is 0 Å². The molecule has 0 unspecified atom stereocenters. The van der Waals surface area contributed by atoms with Gasteiger partial charge in [-0.1, -0.05) is 23.3 Å². The third kappa shape index (κ3) is 9.35. The van der Waals surface area contributed by atoms with Gasteiger partial charge in [-0.3, -0.25) is 0 Å². The maximum Gasteiger partial charge on any atom is -0.00172 e. The van der Waals surface area contributed by atoms with Crippen LogP contribution < -0.4 is 5.32 Å². The second-order valence-electron chi connectivity index (χ2n) is 3.76. The van der Waals surface area contributed by atoms with Crippen molar-refractivity contribution in [1.82, 2.24) is 5.32 Å². The van der Waals surface area contributed by atoms with Crippen molar-refractivity contribution in [3.05, 3.63) is 23.3 Å². The van der Waals surface area contributed by atoms with E-state index in [-0.39, 0.29) is 0 Å². The van der Waals surface area contributed by atoms with Gasteiger partial charge in [0.1, 0.15) is 0 Å². The van der Waals surface area contributed by atoms with Gasteiger partial charge in [-0.2, -0.15) is 0 Å². The molecule has 13 heavy (non-hydrogen) atoms. The molecule has 1 heteroatoms. The van der Waals surface area contributed by atoms with Gasteiger partial charge in [-0.05, 0) is 53.6 Å². The van der Waals surface area contributed by atoms with E-state index in [1.807, 2.05) is 7.05 Å². The summed E-state index contributed by atoms with van der Waals surface area (Å²) in [6.07, 6.45) is 8.17. The fourth-order valence-electron chi connectivity index (χ4n) is 1.15. The summed E-state index contributed by atoms with van der Waals surface area (Å²) < 4.78 is 0. The van der Waals surface area contributed by atoms with E-state index in [2.05, 4.69) is 38.2 Å². The Bertz CT molecular complexity index is 174. The Morgan fingerprint density at radius 3 is 2.31 bits per heavy atom. The van der Waals surface area contributed by atoms with Crippen LogP contribution in [-0.2, 0) is 0 Å². The van der Waals surface area contributed by atoms with Gasteiger partial charge in [0.2, 0.25) is 0 Å². The first-order valence-electron chi connectivity index (χ1n) is 5.10. The van der Waals surface area contributed by atoms with Crippen LogP contribution in [0.5, 0.6) is 0 Å². The summed E-state index contributed by atoms with van der Waals surface area (Å²) >= 11 is 0. The van der Waals surface area contributed by atoms with Crippen LogP contribution in [0, 0.1) is 0 Å². The summed E-state index contributed by atoms with van der Waals surface area (Å²) in [6.45, 7) is 7.61. The lowest BCUT2D eigenvalue weighted by atomic mass is 10.1. The molecule has 0 radical (unpaired) electrons. The highest BCUT2D eigenvalue weighted by Crippen LogP contribution is 2.06. The van der Waals surface area contributed by atoms with Gasteiger partial charge in [-0.25, -0.2) is 0 Å². The SMILES string of the molecule is CNCC/C=C(\C)CCC=C(C)C. The molecule has 0 fully saturated rings.